The van der Waals surface area contributed by atoms with Crippen molar-refractivity contribution >= 4 is 52.6 Å². The third-order valence-corrected chi connectivity index (χ3v) is 8.36. The summed E-state index contributed by atoms with van der Waals surface area (Å²) in [4.78, 5) is 25.8. The highest BCUT2D eigenvalue weighted by atomic mass is 32.2. The molecule has 0 fully saturated rings. The average Bonchev–Trinajstić information content (AvgIpc) is 3.07. The molecule has 0 aromatic heterocycles. The Balaban J connectivity index is 1.45. The van der Waals surface area contributed by atoms with Crippen molar-refractivity contribution in [3.8, 4) is 22.5 Å². The predicted molar refractivity (Wildman–Crippen MR) is 180 cm³/mol. The molecular formula is C32H38N4O9S2. The number of nitrogens with one attached hydrogen (secondary N) is 3. The van der Waals surface area contributed by atoms with Crippen molar-refractivity contribution in [1.29, 1.82) is 5.41 Å². The molecule has 252 valence electrons. The Labute approximate surface area is 280 Å². The van der Waals surface area contributed by atoms with Crippen LogP contribution in [0.15, 0.2) is 56.7 Å². The number of anilines is 1. The first-order valence-electron chi connectivity index (χ1n) is 14.9. The molecular weight excluding hydrogens is 649 g/mol. The Morgan fingerprint density at radius 2 is 1.51 bits per heavy atom. The van der Waals surface area contributed by atoms with Crippen LogP contribution in [0.2, 0.25) is 0 Å². The van der Waals surface area contributed by atoms with Crippen molar-refractivity contribution in [2.45, 2.75) is 22.6 Å². The number of carbonyl (C=O) groups excluding carboxylic acids is 1. The fourth-order valence-electron chi connectivity index (χ4n) is 4.91. The van der Waals surface area contributed by atoms with Crippen LogP contribution in [0.25, 0.3) is 33.4 Å². The molecule has 47 heavy (non-hydrogen) atoms. The van der Waals surface area contributed by atoms with Crippen LogP contribution in [0.1, 0.15) is 33.6 Å². The molecule has 15 heteroatoms. The van der Waals surface area contributed by atoms with Gasteiger partial charge in [-0.3, -0.25) is 10.2 Å². The predicted octanol–water partition coefficient (Wildman–Crippen LogP) is 4.87. The van der Waals surface area contributed by atoms with E-state index in [0.717, 1.165) is 13.0 Å². The van der Waals surface area contributed by atoms with E-state index >= 15 is 0 Å². The van der Waals surface area contributed by atoms with Crippen LogP contribution in [0.4, 0.5) is 5.69 Å². The first-order chi connectivity index (χ1) is 22.8. The van der Waals surface area contributed by atoms with E-state index in [1.807, 2.05) is 7.05 Å². The maximum atomic E-state index is 13.0. The van der Waals surface area contributed by atoms with Gasteiger partial charge in [0.1, 0.15) is 9.79 Å². The lowest BCUT2D eigenvalue weighted by molar-refractivity contribution is 0.0139. The van der Waals surface area contributed by atoms with Gasteiger partial charge in [0, 0.05) is 65.9 Å². The number of carbonyl (C=O) groups is 2. The first kappa shape index (κ1) is 36.2. The summed E-state index contributed by atoms with van der Waals surface area (Å²) in [6, 6.07) is 10.6. The number of carboxylic acid groups (broad SMARTS) is 1. The van der Waals surface area contributed by atoms with Crippen molar-refractivity contribution in [3.05, 3.63) is 58.9 Å². The van der Waals surface area contributed by atoms with Crippen LogP contribution >= 0.6 is 24.1 Å². The van der Waals surface area contributed by atoms with E-state index < -0.39 is 11.9 Å². The minimum Gasteiger partial charge on any atom is -0.478 e. The molecule has 1 heterocycles. The number of fused-ring (bicyclic) bond motifs is 2. The summed E-state index contributed by atoms with van der Waals surface area (Å²) in [6.07, 6.45) is 1.50. The van der Waals surface area contributed by atoms with Gasteiger partial charge < -0.3 is 49.2 Å². The fraction of sp³-hybridized carbons (Fsp3) is 0.344. The number of ether oxygens (including phenoxy) is 3. The number of nitrogen functional groups attached to an aromatic ring is 1. The molecule has 0 radical (unpaired) electrons. The lowest BCUT2D eigenvalue weighted by atomic mass is 9.89. The highest BCUT2D eigenvalue weighted by molar-refractivity contribution is 7.94. The van der Waals surface area contributed by atoms with Crippen LogP contribution in [0.3, 0.4) is 0 Å². The van der Waals surface area contributed by atoms with Crippen LogP contribution in [-0.4, -0.2) is 85.9 Å². The smallest absolute Gasteiger partial charge is 0.336 e. The molecule has 1 aliphatic carbocycles. The summed E-state index contributed by atoms with van der Waals surface area (Å²) in [5.74, 6) is -1.60. The van der Waals surface area contributed by atoms with Gasteiger partial charge in [0.15, 0.2) is 11.3 Å². The number of hydrogen-bond acceptors (Lipinski definition) is 13. The molecule has 2 aromatic rings. The van der Waals surface area contributed by atoms with Gasteiger partial charge in [-0.15, -0.1) is 0 Å². The molecule has 0 bridgehead atoms. The summed E-state index contributed by atoms with van der Waals surface area (Å²) in [6.45, 7) is 4.21. The summed E-state index contributed by atoms with van der Waals surface area (Å²) in [5.41, 5.74) is 7.55. The highest BCUT2D eigenvalue weighted by Gasteiger charge is 2.26. The Bertz CT molecular complexity index is 1720. The second-order valence-corrected chi connectivity index (χ2v) is 11.5. The van der Waals surface area contributed by atoms with E-state index in [2.05, 4.69) is 10.6 Å². The second kappa shape index (κ2) is 18.0. The number of rotatable bonds is 19. The number of nitrogens with two attached hydrogens (primary N) is 1. The minimum absolute atomic E-state index is 0.0118. The lowest BCUT2D eigenvalue weighted by Crippen LogP contribution is -2.25. The van der Waals surface area contributed by atoms with Crippen molar-refractivity contribution < 1.29 is 42.4 Å². The Kier molecular flexibility index (Phi) is 13.9. The quantitative estimate of drug-likeness (QED) is 0.0304. The van der Waals surface area contributed by atoms with E-state index in [-0.39, 0.29) is 48.9 Å². The minimum atomic E-state index is -1.27. The number of amides is 1. The summed E-state index contributed by atoms with van der Waals surface area (Å²) >= 11 is 0.686. The maximum Gasteiger partial charge on any atom is 0.336 e. The van der Waals surface area contributed by atoms with Gasteiger partial charge >= 0.3 is 5.97 Å². The maximum absolute atomic E-state index is 13.0. The number of aromatic carboxylic acids is 1. The zero-order chi connectivity index (χ0) is 33.8. The fourth-order valence-corrected chi connectivity index (χ4v) is 5.72. The van der Waals surface area contributed by atoms with Crippen LogP contribution in [0, 0.1) is 5.41 Å². The second-order valence-electron chi connectivity index (χ2n) is 10.3. The van der Waals surface area contributed by atoms with E-state index in [1.165, 1.54) is 24.3 Å². The zero-order valence-electron chi connectivity index (χ0n) is 25.8. The molecule has 8 N–H and O–H groups in total. The SMILES string of the molecule is CNCCCOCCOCCOCCCNC(=O)c1ccc(-c2c3ccc(=N)c(SO)c-3oc3c(SO)c(N)ccc23)c(C(=O)O)c1. The first-order valence-corrected chi connectivity index (χ1v) is 16.4. The topological polar surface area (TPSA) is 210 Å². The summed E-state index contributed by atoms with van der Waals surface area (Å²) < 4.78 is 42.5. The van der Waals surface area contributed by atoms with Gasteiger partial charge in [0.05, 0.1) is 43.0 Å². The van der Waals surface area contributed by atoms with E-state index in [1.54, 1.807) is 18.2 Å². The third kappa shape index (κ3) is 9.03. The molecule has 2 aromatic carbocycles. The van der Waals surface area contributed by atoms with Crippen molar-refractivity contribution in [2.24, 2.45) is 0 Å². The Morgan fingerprint density at radius 3 is 2.15 bits per heavy atom. The summed E-state index contributed by atoms with van der Waals surface area (Å²) in [7, 11) is 1.90. The largest absolute Gasteiger partial charge is 0.478 e. The van der Waals surface area contributed by atoms with Crippen LogP contribution in [0.5, 0.6) is 0 Å². The zero-order valence-corrected chi connectivity index (χ0v) is 27.4. The van der Waals surface area contributed by atoms with Gasteiger partial charge in [-0.05, 0) is 68.4 Å². The Morgan fingerprint density at radius 1 is 0.872 bits per heavy atom. The molecule has 2 aliphatic rings. The van der Waals surface area contributed by atoms with Gasteiger partial charge in [-0.1, -0.05) is 6.07 Å². The number of hydrogen-bond donors (Lipinski definition) is 7. The van der Waals surface area contributed by atoms with Crippen molar-refractivity contribution in [2.75, 3.05) is 65.5 Å². The molecule has 13 nitrogen and oxygen atoms in total. The number of benzene rings is 3. The van der Waals surface area contributed by atoms with Crippen LogP contribution < -0.4 is 21.7 Å². The third-order valence-electron chi connectivity index (χ3n) is 7.17. The molecule has 1 aliphatic heterocycles. The van der Waals surface area contributed by atoms with Crippen molar-refractivity contribution in [1.82, 2.24) is 10.6 Å². The van der Waals surface area contributed by atoms with Gasteiger partial charge in [0.25, 0.3) is 5.91 Å². The molecule has 0 saturated carbocycles. The van der Waals surface area contributed by atoms with Gasteiger partial charge in [-0.25, -0.2) is 4.79 Å². The number of carboxylic acids is 1. The molecule has 0 atom stereocenters. The van der Waals surface area contributed by atoms with Crippen LogP contribution in [-0.2, 0) is 14.2 Å². The highest BCUT2D eigenvalue weighted by Crippen LogP contribution is 2.46. The molecule has 0 unspecified atom stereocenters. The van der Waals surface area contributed by atoms with E-state index in [9.17, 15) is 23.8 Å². The van der Waals surface area contributed by atoms with Gasteiger partial charge in [0.2, 0.25) is 0 Å². The monoisotopic (exact) mass is 686 g/mol. The standard InChI is InChI=1S/C32H38N4O9S2/c1-35-10-2-12-42-14-16-44-17-15-43-13-3-11-36-31(37)19-4-5-20(23(18-19)32(38)39)26-21-6-8-24(33)29(46-40)27(21)45-28-22(26)7-9-25(34)30(28)47-41/h4-9,18,33,35,40-41H,2-3,10-17,34H2,1H3,(H,36,37)(H,38,39). The molecule has 1 amide bonds. The molecule has 4 rings (SSSR count). The van der Waals surface area contributed by atoms with E-state index in [0.29, 0.717) is 93.2 Å². The Hall–Kier alpha value is -3.67. The molecule has 0 spiro atoms. The summed E-state index contributed by atoms with van der Waals surface area (Å²) in [5, 5.41) is 24.8. The average molecular weight is 687 g/mol. The lowest BCUT2D eigenvalue weighted by Gasteiger charge is -2.20. The normalized spacial score (nSPS) is 11.4. The molecule has 0 saturated heterocycles. The van der Waals surface area contributed by atoms with Gasteiger partial charge in [-0.2, -0.15) is 0 Å². The van der Waals surface area contributed by atoms with Crippen molar-refractivity contribution in [3.63, 3.8) is 0 Å². The van der Waals surface area contributed by atoms with E-state index in [4.69, 9.17) is 29.8 Å².